The van der Waals surface area contributed by atoms with E-state index in [1.165, 1.54) is 0 Å². The van der Waals surface area contributed by atoms with Crippen molar-refractivity contribution in [3.63, 3.8) is 0 Å². The Morgan fingerprint density at radius 1 is 1.33 bits per heavy atom. The lowest BCUT2D eigenvalue weighted by atomic mass is 10.1. The van der Waals surface area contributed by atoms with Gasteiger partial charge in [-0.2, -0.15) is 5.10 Å². The average Bonchev–Trinajstić information content (AvgIpc) is 2.63. The number of carboxylic acids is 1. The molecule has 1 N–H and O–H groups in total. The van der Waals surface area contributed by atoms with Crippen molar-refractivity contribution in [1.29, 1.82) is 0 Å². The fourth-order valence-corrected chi connectivity index (χ4v) is 1.83. The topological polar surface area (TPSA) is 55.1 Å². The molecule has 1 heterocycles. The van der Waals surface area contributed by atoms with E-state index in [4.69, 9.17) is 16.7 Å². The summed E-state index contributed by atoms with van der Waals surface area (Å²) in [6, 6.07) is 7.47. The molecule has 1 aromatic carbocycles. The third kappa shape index (κ3) is 2.90. The van der Waals surface area contributed by atoms with Crippen molar-refractivity contribution in [2.45, 2.75) is 19.9 Å². The first-order valence-electron chi connectivity index (χ1n) is 5.54. The number of hydrogen-bond donors (Lipinski definition) is 1. The molecule has 0 spiro atoms. The molecule has 18 heavy (non-hydrogen) atoms. The molecule has 0 saturated carbocycles. The zero-order valence-corrected chi connectivity index (χ0v) is 10.7. The highest BCUT2D eigenvalue weighted by molar-refractivity contribution is 6.31. The first kappa shape index (κ1) is 12.6. The van der Waals surface area contributed by atoms with Crippen LogP contribution in [0.3, 0.4) is 0 Å². The van der Waals surface area contributed by atoms with E-state index in [9.17, 15) is 4.79 Å². The van der Waals surface area contributed by atoms with E-state index in [1.807, 2.05) is 35.9 Å². The van der Waals surface area contributed by atoms with Crippen LogP contribution in [0.1, 0.15) is 16.8 Å². The second-order valence-corrected chi connectivity index (χ2v) is 4.53. The fourth-order valence-electron chi connectivity index (χ4n) is 1.69. The number of aliphatic carboxylic acids is 1. The van der Waals surface area contributed by atoms with Gasteiger partial charge in [-0.05, 0) is 18.1 Å². The van der Waals surface area contributed by atoms with Gasteiger partial charge in [0.05, 0.1) is 29.9 Å². The van der Waals surface area contributed by atoms with Crippen LogP contribution in [0.15, 0.2) is 30.5 Å². The summed E-state index contributed by atoms with van der Waals surface area (Å²) in [6.45, 7) is 2.54. The summed E-state index contributed by atoms with van der Waals surface area (Å²) in [5.41, 5.74) is 2.78. The monoisotopic (exact) mass is 264 g/mol. The van der Waals surface area contributed by atoms with Crippen molar-refractivity contribution in [3.8, 4) is 0 Å². The smallest absolute Gasteiger partial charge is 0.307 e. The number of carbonyl (C=O) groups is 1. The molecule has 1 aromatic heterocycles. The molecule has 0 aliphatic rings. The van der Waals surface area contributed by atoms with Gasteiger partial charge in [0.15, 0.2) is 0 Å². The van der Waals surface area contributed by atoms with Crippen LogP contribution >= 0.6 is 11.6 Å². The second-order valence-electron chi connectivity index (χ2n) is 4.12. The van der Waals surface area contributed by atoms with Crippen LogP contribution in [0, 0.1) is 6.92 Å². The van der Waals surface area contributed by atoms with Gasteiger partial charge in [0.2, 0.25) is 0 Å². The van der Waals surface area contributed by atoms with E-state index in [1.54, 1.807) is 6.20 Å². The van der Waals surface area contributed by atoms with Gasteiger partial charge in [-0.15, -0.1) is 0 Å². The summed E-state index contributed by atoms with van der Waals surface area (Å²) in [4.78, 5) is 10.6. The molecule has 0 atom stereocenters. The van der Waals surface area contributed by atoms with Crippen LogP contribution in [0.4, 0.5) is 0 Å². The Balaban J connectivity index is 2.11. The summed E-state index contributed by atoms with van der Waals surface area (Å²) in [5, 5.41) is 13.5. The molecular weight excluding hydrogens is 252 g/mol. The minimum Gasteiger partial charge on any atom is -0.481 e. The number of halogens is 1. The summed E-state index contributed by atoms with van der Waals surface area (Å²) >= 11 is 5.93. The molecule has 0 amide bonds. The molecule has 0 radical (unpaired) electrons. The number of hydrogen-bond acceptors (Lipinski definition) is 2. The Kier molecular flexibility index (Phi) is 3.67. The maximum atomic E-state index is 10.6. The van der Waals surface area contributed by atoms with Crippen LogP contribution in [0.2, 0.25) is 5.02 Å². The molecule has 0 bridgehead atoms. The number of nitrogens with zero attached hydrogens (tertiary/aromatic N) is 2. The van der Waals surface area contributed by atoms with E-state index < -0.39 is 5.97 Å². The van der Waals surface area contributed by atoms with Crippen LogP contribution in [0.25, 0.3) is 0 Å². The van der Waals surface area contributed by atoms with Gasteiger partial charge in [0.25, 0.3) is 0 Å². The van der Waals surface area contributed by atoms with Gasteiger partial charge < -0.3 is 5.11 Å². The maximum Gasteiger partial charge on any atom is 0.307 e. The molecule has 4 nitrogen and oxygen atoms in total. The fraction of sp³-hybridized carbons (Fsp3) is 0.231. The molecule has 2 aromatic rings. The molecule has 94 valence electrons. The standard InChI is InChI=1S/C13H13ClN2O2/c1-9-12(14)7-15-16(9)8-11-4-2-10(3-5-11)6-13(17)18/h2-5,7H,6,8H2,1H3,(H,17,18). The Labute approximate surface area is 110 Å². The van der Waals surface area contributed by atoms with Gasteiger partial charge in [-0.25, -0.2) is 0 Å². The lowest BCUT2D eigenvalue weighted by Crippen LogP contribution is -2.04. The lowest BCUT2D eigenvalue weighted by molar-refractivity contribution is -0.136. The van der Waals surface area contributed by atoms with Crippen molar-refractivity contribution in [1.82, 2.24) is 9.78 Å². The highest BCUT2D eigenvalue weighted by Gasteiger charge is 2.05. The van der Waals surface area contributed by atoms with E-state index in [0.29, 0.717) is 11.6 Å². The van der Waals surface area contributed by atoms with Gasteiger partial charge in [-0.3, -0.25) is 9.48 Å². The number of rotatable bonds is 4. The van der Waals surface area contributed by atoms with Crippen molar-refractivity contribution < 1.29 is 9.90 Å². The maximum absolute atomic E-state index is 10.6. The van der Waals surface area contributed by atoms with Crippen LogP contribution in [-0.4, -0.2) is 20.9 Å². The van der Waals surface area contributed by atoms with Crippen molar-refractivity contribution in [2.24, 2.45) is 0 Å². The molecule has 2 rings (SSSR count). The quantitative estimate of drug-likeness (QED) is 0.923. The Morgan fingerprint density at radius 2 is 1.94 bits per heavy atom. The van der Waals surface area contributed by atoms with Gasteiger partial charge in [-0.1, -0.05) is 35.9 Å². The predicted octanol–water partition coefficient (Wildman–Crippen LogP) is 2.52. The van der Waals surface area contributed by atoms with Gasteiger partial charge in [0, 0.05) is 0 Å². The van der Waals surface area contributed by atoms with Crippen LogP contribution in [-0.2, 0) is 17.8 Å². The van der Waals surface area contributed by atoms with E-state index in [2.05, 4.69) is 5.10 Å². The third-order valence-electron chi connectivity index (χ3n) is 2.75. The van der Waals surface area contributed by atoms with E-state index in [0.717, 1.165) is 16.8 Å². The van der Waals surface area contributed by atoms with Crippen molar-refractivity contribution >= 4 is 17.6 Å². The van der Waals surface area contributed by atoms with Crippen LogP contribution < -0.4 is 0 Å². The molecule has 0 saturated heterocycles. The molecular formula is C13H13ClN2O2. The minimum absolute atomic E-state index is 0.0485. The Bertz CT molecular complexity index is 561. The SMILES string of the molecule is Cc1c(Cl)cnn1Cc1ccc(CC(=O)O)cc1. The van der Waals surface area contributed by atoms with Crippen molar-refractivity contribution in [3.05, 3.63) is 52.3 Å². The zero-order valence-electron chi connectivity index (χ0n) is 9.93. The Morgan fingerprint density at radius 3 is 2.44 bits per heavy atom. The largest absolute Gasteiger partial charge is 0.481 e. The Hall–Kier alpha value is -1.81. The molecule has 5 heteroatoms. The second kappa shape index (κ2) is 5.23. The summed E-state index contributed by atoms with van der Waals surface area (Å²) in [5.74, 6) is -0.822. The van der Waals surface area contributed by atoms with Crippen molar-refractivity contribution in [2.75, 3.05) is 0 Å². The van der Waals surface area contributed by atoms with E-state index in [-0.39, 0.29) is 6.42 Å². The first-order chi connectivity index (χ1) is 8.56. The summed E-state index contributed by atoms with van der Waals surface area (Å²) in [6.07, 6.45) is 1.67. The number of carboxylic acid groups (broad SMARTS) is 1. The minimum atomic E-state index is -0.822. The number of aromatic nitrogens is 2. The molecule has 0 aliphatic heterocycles. The highest BCUT2D eigenvalue weighted by atomic mass is 35.5. The zero-order chi connectivity index (χ0) is 13.1. The molecule has 0 fully saturated rings. The van der Waals surface area contributed by atoms with Crippen LogP contribution in [0.5, 0.6) is 0 Å². The average molecular weight is 265 g/mol. The predicted molar refractivity (Wildman–Crippen MR) is 68.9 cm³/mol. The number of benzene rings is 1. The summed E-state index contributed by atoms with van der Waals surface area (Å²) in [7, 11) is 0. The molecule has 0 aliphatic carbocycles. The van der Waals surface area contributed by atoms with Gasteiger partial charge in [0.1, 0.15) is 0 Å². The third-order valence-corrected chi connectivity index (χ3v) is 3.13. The van der Waals surface area contributed by atoms with Gasteiger partial charge >= 0.3 is 5.97 Å². The highest BCUT2D eigenvalue weighted by Crippen LogP contribution is 2.15. The first-order valence-corrected chi connectivity index (χ1v) is 5.91. The summed E-state index contributed by atoms with van der Waals surface area (Å²) < 4.78 is 1.81. The molecule has 0 unspecified atom stereocenters. The normalized spacial score (nSPS) is 10.6. The van der Waals surface area contributed by atoms with E-state index >= 15 is 0 Å². The lowest BCUT2D eigenvalue weighted by Gasteiger charge is -2.05.